The molecule has 5 heteroatoms. The third-order valence-electron chi connectivity index (χ3n) is 2.89. The number of rotatable bonds is 9. The van der Waals surface area contributed by atoms with E-state index in [0.29, 0.717) is 12.5 Å². The predicted octanol–water partition coefficient (Wildman–Crippen LogP) is 1.57. The smallest absolute Gasteiger partial charge is 0.209 e. The summed E-state index contributed by atoms with van der Waals surface area (Å²) in [6, 6.07) is 0.520. The van der Waals surface area contributed by atoms with Gasteiger partial charge in [-0.2, -0.15) is 0 Å². The Morgan fingerprint density at radius 3 is 2.19 bits per heavy atom. The van der Waals surface area contributed by atoms with E-state index in [1.807, 2.05) is 0 Å². The molecule has 16 heavy (non-hydrogen) atoms. The van der Waals surface area contributed by atoms with Crippen LogP contribution in [-0.4, -0.2) is 38.2 Å². The summed E-state index contributed by atoms with van der Waals surface area (Å²) in [5.41, 5.74) is 0. The van der Waals surface area contributed by atoms with Gasteiger partial charge in [-0.3, -0.25) is 0 Å². The molecule has 0 bridgehead atoms. The zero-order valence-corrected chi connectivity index (χ0v) is 11.6. The van der Waals surface area contributed by atoms with E-state index in [1.165, 1.54) is 12.8 Å². The van der Waals surface area contributed by atoms with Gasteiger partial charge in [-0.05, 0) is 39.3 Å². The van der Waals surface area contributed by atoms with Crippen molar-refractivity contribution in [3.05, 3.63) is 0 Å². The first-order chi connectivity index (χ1) is 7.40. The zero-order valence-electron chi connectivity index (χ0n) is 10.8. The molecule has 1 atom stereocenters. The van der Waals surface area contributed by atoms with E-state index in [4.69, 9.17) is 5.14 Å². The van der Waals surface area contributed by atoms with Crippen LogP contribution in [0, 0.1) is 0 Å². The number of primary sulfonamides is 1. The molecule has 1 unspecified atom stereocenters. The molecule has 0 aromatic carbocycles. The van der Waals surface area contributed by atoms with Crippen molar-refractivity contribution in [2.75, 3.05) is 18.8 Å². The summed E-state index contributed by atoms with van der Waals surface area (Å²) in [4.78, 5) is 2.36. The number of hydrogen-bond donors (Lipinski definition) is 1. The van der Waals surface area contributed by atoms with Crippen LogP contribution >= 0.6 is 0 Å². The van der Waals surface area contributed by atoms with Crippen LogP contribution in [-0.2, 0) is 10.0 Å². The fourth-order valence-corrected chi connectivity index (χ4v) is 2.17. The van der Waals surface area contributed by atoms with Gasteiger partial charge in [0.25, 0.3) is 0 Å². The van der Waals surface area contributed by atoms with Gasteiger partial charge in [0.1, 0.15) is 0 Å². The van der Waals surface area contributed by atoms with Crippen LogP contribution < -0.4 is 5.14 Å². The van der Waals surface area contributed by atoms with Gasteiger partial charge in [0.05, 0.1) is 5.75 Å². The van der Waals surface area contributed by atoms with Crippen LogP contribution in [0.1, 0.15) is 46.5 Å². The molecule has 0 aliphatic rings. The van der Waals surface area contributed by atoms with Crippen LogP contribution in [0.15, 0.2) is 0 Å². The normalized spacial score (nSPS) is 14.3. The van der Waals surface area contributed by atoms with Gasteiger partial charge in [-0.15, -0.1) is 0 Å². The fraction of sp³-hybridized carbons (Fsp3) is 1.00. The molecule has 0 aromatic heterocycles. The molecule has 4 nitrogen and oxygen atoms in total. The lowest BCUT2D eigenvalue weighted by atomic mass is 10.2. The Kier molecular flexibility index (Phi) is 7.97. The highest BCUT2D eigenvalue weighted by molar-refractivity contribution is 7.89. The summed E-state index contributed by atoms with van der Waals surface area (Å²) >= 11 is 0. The molecule has 0 aliphatic carbocycles. The van der Waals surface area contributed by atoms with E-state index >= 15 is 0 Å². The molecule has 0 rings (SSSR count). The summed E-state index contributed by atoms with van der Waals surface area (Å²) in [5, 5.41) is 4.98. The van der Waals surface area contributed by atoms with Crippen molar-refractivity contribution in [1.82, 2.24) is 4.90 Å². The minimum absolute atomic E-state index is 0.0893. The highest BCUT2D eigenvalue weighted by Crippen LogP contribution is 2.06. The molecule has 0 aliphatic heterocycles. The number of unbranched alkanes of at least 4 members (excludes halogenated alkanes) is 1. The number of sulfonamides is 1. The molecule has 2 N–H and O–H groups in total. The van der Waals surface area contributed by atoms with E-state index < -0.39 is 10.0 Å². The second-order valence-corrected chi connectivity index (χ2v) is 6.10. The molecular formula is C11H26N2O2S. The Hall–Kier alpha value is -0.130. The van der Waals surface area contributed by atoms with Crippen LogP contribution in [0.3, 0.4) is 0 Å². The maximum Gasteiger partial charge on any atom is 0.209 e. The molecule has 0 saturated carbocycles. The van der Waals surface area contributed by atoms with Crippen molar-refractivity contribution in [2.45, 2.75) is 52.5 Å². The Morgan fingerprint density at radius 1 is 1.19 bits per heavy atom. The van der Waals surface area contributed by atoms with E-state index in [2.05, 4.69) is 25.7 Å². The van der Waals surface area contributed by atoms with Gasteiger partial charge in [-0.25, -0.2) is 13.6 Å². The monoisotopic (exact) mass is 250 g/mol. The molecule has 0 fully saturated rings. The lowest BCUT2D eigenvalue weighted by molar-refractivity contribution is 0.201. The first-order valence-electron chi connectivity index (χ1n) is 6.15. The lowest BCUT2D eigenvalue weighted by Crippen LogP contribution is -2.35. The third kappa shape index (κ3) is 8.07. The highest BCUT2D eigenvalue weighted by Gasteiger charge is 2.12. The Bertz CT molecular complexity index is 265. The van der Waals surface area contributed by atoms with Crippen molar-refractivity contribution < 1.29 is 8.42 Å². The summed E-state index contributed by atoms with van der Waals surface area (Å²) in [6.07, 6.45) is 4.06. The average molecular weight is 250 g/mol. The molecule has 0 spiro atoms. The molecule has 98 valence electrons. The van der Waals surface area contributed by atoms with Gasteiger partial charge in [-0.1, -0.05) is 20.3 Å². The predicted molar refractivity (Wildman–Crippen MR) is 68.8 cm³/mol. The molecule has 0 heterocycles. The SMILES string of the molecule is CCCCN(CCCS(N)(=O)=O)C(C)CC. The molecule has 0 aromatic rings. The fourth-order valence-electron chi connectivity index (χ4n) is 1.64. The zero-order chi connectivity index (χ0) is 12.6. The molecule has 0 saturated heterocycles. The van der Waals surface area contributed by atoms with Crippen LogP contribution in [0.25, 0.3) is 0 Å². The summed E-state index contributed by atoms with van der Waals surface area (Å²) in [6.45, 7) is 8.39. The van der Waals surface area contributed by atoms with Crippen molar-refractivity contribution in [3.63, 3.8) is 0 Å². The van der Waals surface area contributed by atoms with Gasteiger partial charge in [0, 0.05) is 6.04 Å². The first-order valence-corrected chi connectivity index (χ1v) is 7.86. The molecule has 0 amide bonds. The maximum absolute atomic E-state index is 10.8. The second-order valence-electron chi connectivity index (χ2n) is 4.37. The summed E-state index contributed by atoms with van der Waals surface area (Å²) in [5.74, 6) is 0.0893. The molecular weight excluding hydrogens is 224 g/mol. The van der Waals surface area contributed by atoms with Crippen LogP contribution in [0.4, 0.5) is 0 Å². The number of hydrogen-bond acceptors (Lipinski definition) is 3. The largest absolute Gasteiger partial charge is 0.301 e. The van der Waals surface area contributed by atoms with Crippen LogP contribution in [0.5, 0.6) is 0 Å². The lowest BCUT2D eigenvalue weighted by Gasteiger charge is -2.28. The minimum atomic E-state index is -3.30. The van der Waals surface area contributed by atoms with E-state index in [0.717, 1.165) is 19.5 Å². The number of nitrogens with two attached hydrogens (primary N) is 1. The minimum Gasteiger partial charge on any atom is -0.301 e. The highest BCUT2D eigenvalue weighted by atomic mass is 32.2. The van der Waals surface area contributed by atoms with Crippen molar-refractivity contribution in [1.29, 1.82) is 0 Å². The van der Waals surface area contributed by atoms with Gasteiger partial charge < -0.3 is 4.90 Å². The van der Waals surface area contributed by atoms with E-state index in [-0.39, 0.29) is 5.75 Å². The summed E-state index contributed by atoms with van der Waals surface area (Å²) in [7, 11) is -3.30. The Balaban J connectivity index is 4.01. The van der Waals surface area contributed by atoms with Gasteiger partial charge in [0.2, 0.25) is 10.0 Å². The maximum atomic E-state index is 10.8. The number of nitrogens with zero attached hydrogens (tertiary/aromatic N) is 1. The quantitative estimate of drug-likeness (QED) is 0.675. The van der Waals surface area contributed by atoms with Crippen LogP contribution in [0.2, 0.25) is 0 Å². The van der Waals surface area contributed by atoms with Crippen molar-refractivity contribution in [2.24, 2.45) is 5.14 Å². The van der Waals surface area contributed by atoms with Gasteiger partial charge >= 0.3 is 0 Å². The second kappa shape index (κ2) is 8.03. The van der Waals surface area contributed by atoms with Gasteiger partial charge in [0.15, 0.2) is 0 Å². The topological polar surface area (TPSA) is 63.4 Å². The van der Waals surface area contributed by atoms with E-state index in [9.17, 15) is 8.42 Å². The first kappa shape index (κ1) is 15.9. The van der Waals surface area contributed by atoms with Crippen molar-refractivity contribution in [3.8, 4) is 0 Å². The Labute approximate surface area is 100 Å². The van der Waals surface area contributed by atoms with Crippen molar-refractivity contribution >= 4 is 10.0 Å². The van der Waals surface area contributed by atoms with E-state index in [1.54, 1.807) is 0 Å². The molecule has 0 radical (unpaired) electrons. The standard InChI is InChI=1S/C11H26N2O2S/c1-4-6-8-13(11(3)5-2)9-7-10-16(12,14)15/h11H,4-10H2,1-3H3,(H2,12,14,15). The third-order valence-corrected chi connectivity index (χ3v) is 3.74. The average Bonchev–Trinajstić information content (AvgIpc) is 2.20. The Morgan fingerprint density at radius 2 is 1.75 bits per heavy atom. The summed E-state index contributed by atoms with van der Waals surface area (Å²) < 4.78 is 21.7.